The first kappa shape index (κ1) is 14.7. The Hall–Kier alpha value is -2.84. The smallest absolute Gasteiger partial charge is 0.0538 e. The second-order valence-corrected chi connectivity index (χ2v) is 6.02. The van der Waals surface area contributed by atoms with E-state index in [4.69, 9.17) is 11.6 Å². The van der Waals surface area contributed by atoms with E-state index in [2.05, 4.69) is 40.3 Å². The van der Waals surface area contributed by atoms with Crippen LogP contribution in [-0.4, -0.2) is 9.97 Å². The number of aromatic nitrogens is 2. The summed E-state index contributed by atoms with van der Waals surface area (Å²) in [5.41, 5.74) is 6.74. The van der Waals surface area contributed by atoms with Crippen LogP contribution in [0, 0.1) is 0 Å². The van der Waals surface area contributed by atoms with Crippen molar-refractivity contribution >= 4 is 11.6 Å². The predicted molar refractivity (Wildman–Crippen MR) is 99.9 cm³/mol. The van der Waals surface area contributed by atoms with Crippen LogP contribution in [0.25, 0.3) is 33.6 Å². The zero-order chi connectivity index (χ0) is 16.4. The summed E-state index contributed by atoms with van der Waals surface area (Å²) in [7, 11) is 0. The number of halogens is 1. The molecule has 0 fully saturated rings. The largest absolute Gasteiger partial charge is 0.354 e. The summed E-state index contributed by atoms with van der Waals surface area (Å²) in [5.74, 6) is 0. The molecule has 1 N–H and O–H groups in total. The van der Waals surface area contributed by atoms with Gasteiger partial charge >= 0.3 is 0 Å². The van der Waals surface area contributed by atoms with E-state index in [-0.39, 0.29) is 0 Å². The number of benzene rings is 2. The minimum Gasteiger partial charge on any atom is -0.354 e. The lowest BCUT2D eigenvalue weighted by Gasteiger charge is -2.04. The summed E-state index contributed by atoms with van der Waals surface area (Å²) in [4.78, 5) is 7.69. The molecule has 0 amide bonds. The molecule has 116 valence electrons. The molecule has 0 unspecified atom stereocenters. The number of nitrogens with zero attached hydrogens (tertiary/aromatic N) is 1. The molecule has 0 aliphatic heterocycles. The second-order valence-electron chi connectivity index (χ2n) is 5.58. The van der Waals surface area contributed by atoms with Gasteiger partial charge in [0.25, 0.3) is 0 Å². The Morgan fingerprint density at radius 1 is 0.708 bits per heavy atom. The van der Waals surface area contributed by atoms with Crippen molar-refractivity contribution in [3.63, 3.8) is 0 Å². The molecule has 4 rings (SSSR count). The number of H-pyrrole nitrogens is 1. The molecule has 4 aromatic rings. The molecule has 0 radical (unpaired) electrons. The molecule has 0 aliphatic rings. The molecule has 24 heavy (non-hydrogen) atoms. The zero-order valence-electron chi connectivity index (χ0n) is 12.9. The molecule has 2 nitrogen and oxygen atoms in total. The fraction of sp³-hybridized carbons (Fsp3) is 0. The van der Waals surface area contributed by atoms with Crippen molar-refractivity contribution in [2.75, 3.05) is 0 Å². The minimum absolute atomic E-state index is 0.739. The van der Waals surface area contributed by atoms with Gasteiger partial charge in [0, 0.05) is 28.7 Å². The van der Waals surface area contributed by atoms with E-state index in [1.165, 1.54) is 0 Å². The maximum Gasteiger partial charge on any atom is 0.0538 e. The van der Waals surface area contributed by atoms with Crippen LogP contribution in [-0.2, 0) is 0 Å². The highest BCUT2D eigenvalue weighted by Gasteiger charge is 2.13. The zero-order valence-corrected chi connectivity index (χ0v) is 13.7. The fourth-order valence-electron chi connectivity index (χ4n) is 2.83. The van der Waals surface area contributed by atoms with E-state index < -0.39 is 0 Å². The van der Waals surface area contributed by atoms with Crippen LogP contribution in [0.2, 0.25) is 5.02 Å². The maximum absolute atomic E-state index is 6.01. The van der Waals surface area contributed by atoms with Gasteiger partial charge in [-0.25, -0.2) is 0 Å². The first-order valence-corrected chi connectivity index (χ1v) is 8.14. The van der Waals surface area contributed by atoms with Gasteiger partial charge in [-0.05, 0) is 47.0 Å². The molecule has 0 aliphatic carbocycles. The van der Waals surface area contributed by atoms with Gasteiger partial charge in [-0.2, -0.15) is 0 Å². The first-order chi connectivity index (χ1) is 11.8. The molecule has 2 heterocycles. The van der Waals surface area contributed by atoms with Gasteiger partial charge in [0.2, 0.25) is 0 Å². The SMILES string of the molecule is Clc1ccc(-c2cc(-c3ccncc3)c(-c3ccccc3)[nH]2)cc1. The highest BCUT2D eigenvalue weighted by Crippen LogP contribution is 2.35. The van der Waals surface area contributed by atoms with Crippen LogP contribution in [0.4, 0.5) is 0 Å². The van der Waals surface area contributed by atoms with Gasteiger partial charge in [-0.1, -0.05) is 54.1 Å². The summed E-state index contributed by atoms with van der Waals surface area (Å²) in [6.07, 6.45) is 3.64. The van der Waals surface area contributed by atoms with Gasteiger partial charge in [0.15, 0.2) is 0 Å². The third-order valence-corrected chi connectivity index (χ3v) is 4.28. The Morgan fingerprint density at radius 3 is 2.12 bits per heavy atom. The van der Waals surface area contributed by atoms with Crippen molar-refractivity contribution in [3.05, 3.63) is 90.2 Å². The molecule has 0 saturated carbocycles. The van der Waals surface area contributed by atoms with Crippen LogP contribution >= 0.6 is 11.6 Å². The third kappa shape index (κ3) is 2.84. The number of rotatable bonds is 3. The van der Waals surface area contributed by atoms with Crippen molar-refractivity contribution < 1.29 is 0 Å². The average molecular weight is 331 g/mol. The van der Waals surface area contributed by atoms with E-state index in [1.54, 1.807) is 0 Å². The fourth-order valence-corrected chi connectivity index (χ4v) is 2.96. The Bertz CT molecular complexity index is 885. The Morgan fingerprint density at radius 2 is 1.42 bits per heavy atom. The van der Waals surface area contributed by atoms with Gasteiger partial charge < -0.3 is 4.98 Å². The van der Waals surface area contributed by atoms with E-state index >= 15 is 0 Å². The average Bonchev–Trinajstić information content (AvgIpc) is 3.09. The molecule has 0 bridgehead atoms. The topological polar surface area (TPSA) is 28.7 Å². The lowest BCUT2D eigenvalue weighted by molar-refractivity contribution is 1.33. The third-order valence-electron chi connectivity index (χ3n) is 4.03. The molecule has 0 spiro atoms. The summed E-state index contributed by atoms with van der Waals surface area (Å²) in [6, 6.07) is 24.5. The van der Waals surface area contributed by atoms with Crippen LogP contribution in [0.1, 0.15) is 0 Å². The van der Waals surface area contributed by atoms with Gasteiger partial charge in [0.1, 0.15) is 0 Å². The molecule has 0 saturated heterocycles. The van der Waals surface area contributed by atoms with Gasteiger partial charge in [0.05, 0.1) is 5.69 Å². The Labute approximate surface area is 145 Å². The Balaban J connectivity index is 1.89. The van der Waals surface area contributed by atoms with Crippen LogP contribution < -0.4 is 0 Å². The summed E-state index contributed by atoms with van der Waals surface area (Å²) >= 11 is 6.01. The van der Waals surface area contributed by atoms with E-state index in [1.807, 2.05) is 54.9 Å². The predicted octanol–water partition coefficient (Wildman–Crippen LogP) is 6.06. The summed E-state index contributed by atoms with van der Waals surface area (Å²) in [5, 5.41) is 0.739. The second kappa shape index (κ2) is 6.34. The van der Waals surface area contributed by atoms with Crippen molar-refractivity contribution in [3.8, 4) is 33.6 Å². The monoisotopic (exact) mass is 330 g/mol. The molecule has 3 heteroatoms. The molecular weight excluding hydrogens is 316 g/mol. The number of pyridine rings is 1. The molecule has 0 atom stereocenters. The lowest BCUT2D eigenvalue weighted by Crippen LogP contribution is -1.82. The Kier molecular flexibility index (Phi) is 3.89. The van der Waals surface area contributed by atoms with Crippen LogP contribution in [0.5, 0.6) is 0 Å². The van der Waals surface area contributed by atoms with Crippen molar-refractivity contribution in [2.24, 2.45) is 0 Å². The van der Waals surface area contributed by atoms with Crippen LogP contribution in [0.3, 0.4) is 0 Å². The molecule has 2 aromatic heterocycles. The quantitative estimate of drug-likeness (QED) is 0.485. The highest BCUT2D eigenvalue weighted by molar-refractivity contribution is 6.30. The van der Waals surface area contributed by atoms with E-state index in [0.717, 1.165) is 38.7 Å². The van der Waals surface area contributed by atoms with E-state index in [9.17, 15) is 0 Å². The van der Waals surface area contributed by atoms with Crippen LogP contribution in [0.15, 0.2) is 85.2 Å². The normalized spacial score (nSPS) is 10.7. The van der Waals surface area contributed by atoms with Crippen molar-refractivity contribution in [2.45, 2.75) is 0 Å². The van der Waals surface area contributed by atoms with Crippen molar-refractivity contribution in [1.29, 1.82) is 0 Å². The summed E-state index contributed by atoms with van der Waals surface area (Å²) < 4.78 is 0. The van der Waals surface area contributed by atoms with Gasteiger partial charge in [-0.15, -0.1) is 0 Å². The standard InChI is InChI=1S/C21H15ClN2/c22-18-8-6-16(7-9-18)20-14-19(15-10-12-23-13-11-15)21(24-20)17-4-2-1-3-5-17/h1-14,24H. The van der Waals surface area contributed by atoms with E-state index in [0.29, 0.717) is 0 Å². The number of nitrogens with one attached hydrogen (secondary N) is 1. The molecular formula is C21H15ClN2. The molecule has 2 aromatic carbocycles. The summed E-state index contributed by atoms with van der Waals surface area (Å²) in [6.45, 7) is 0. The van der Waals surface area contributed by atoms with Gasteiger partial charge in [-0.3, -0.25) is 4.98 Å². The minimum atomic E-state index is 0.739. The lowest BCUT2D eigenvalue weighted by atomic mass is 10.0. The number of hydrogen-bond acceptors (Lipinski definition) is 1. The number of hydrogen-bond donors (Lipinski definition) is 1. The maximum atomic E-state index is 6.01. The first-order valence-electron chi connectivity index (χ1n) is 7.76. The van der Waals surface area contributed by atoms with Crippen molar-refractivity contribution in [1.82, 2.24) is 9.97 Å². The number of aromatic amines is 1. The highest BCUT2D eigenvalue weighted by atomic mass is 35.5.